The number of thiocarbonyl (C=S) groups is 1. The number of ether oxygens (including phenoxy) is 1. The maximum Gasteiger partial charge on any atom is 0.166 e. The minimum absolute atomic E-state index is 0.718. The van der Waals surface area contributed by atoms with E-state index in [4.69, 9.17) is 27.2 Å². The van der Waals surface area contributed by atoms with Crippen molar-refractivity contribution in [3.8, 4) is 11.5 Å². The van der Waals surface area contributed by atoms with Crippen molar-refractivity contribution in [3.05, 3.63) is 48.0 Å². The second-order valence-corrected chi connectivity index (χ2v) is 7.09. The minimum atomic E-state index is 0.718. The molecule has 0 bridgehead atoms. The van der Waals surface area contributed by atoms with E-state index in [0.29, 0.717) is 0 Å². The molecule has 0 radical (unpaired) electrons. The van der Waals surface area contributed by atoms with Crippen LogP contribution in [0.25, 0.3) is 0 Å². The molecule has 1 saturated heterocycles. The highest BCUT2D eigenvalue weighted by atomic mass is 32.2. The van der Waals surface area contributed by atoms with Gasteiger partial charge in [-0.05, 0) is 49.6 Å². The molecule has 1 aliphatic rings. The van der Waals surface area contributed by atoms with Crippen LogP contribution in [0.1, 0.15) is 25.3 Å². The Morgan fingerprint density at radius 3 is 2.52 bits per heavy atom. The summed E-state index contributed by atoms with van der Waals surface area (Å²) in [7, 11) is 0. The smallest absolute Gasteiger partial charge is 0.166 e. The fourth-order valence-corrected chi connectivity index (χ4v) is 3.44. The van der Waals surface area contributed by atoms with Crippen molar-refractivity contribution in [1.82, 2.24) is 0 Å². The van der Waals surface area contributed by atoms with Crippen LogP contribution in [-0.4, -0.2) is 18.0 Å². The van der Waals surface area contributed by atoms with E-state index in [0.717, 1.165) is 70.5 Å². The average Bonchev–Trinajstić information content (AvgIpc) is 3.15. The molecule has 132 valence electrons. The Labute approximate surface area is 157 Å². The monoisotopic (exact) mass is 376 g/mol. The summed E-state index contributed by atoms with van der Waals surface area (Å²) >= 11 is 6.39. The molecule has 1 fully saturated rings. The predicted molar refractivity (Wildman–Crippen MR) is 104 cm³/mol. The highest BCUT2D eigenvalue weighted by Crippen LogP contribution is 2.43. The van der Waals surface area contributed by atoms with E-state index in [1.807, 2.05) is 43.3 Å². The van der Waals surface area contributed by atoms with Crippen molar-refractivity contribution in [2.75, 3.05) is 18.0 Å². The van der Waals surface area contributed by atoms with E-state index >= 15 is 0 Å². The number of nitrogens with zero attached hydrogens (tertiary/aromatic N) is 1. The van der Waals surface area contributed by atoms with Gasteiger partial charge < -0.3 is 9.64 Å². The second-order valence-electron chi connectivity index (χ2n) is 5.74. The summed E-state index contributed by atoms with van der Waals surface area (Å²) < 4.78 is 11.1. The lowest BCUT2D eigenvalue weighted by molar-refractivity contribution is -0.195. The first-order chi connectivity index (χ1) is 12.2. The molecule has 1 heterocycles. The van der Waals surface area contributed by atoms with Gasteiger partial charge in [-0.2, -0.15) is 5.90 Å². The number of benzene rings is 2. The SMILES string of the molecule is CC(=S)c1cc(SOON)c(Oc2ccccc2)c(N2CCCC2)c1. The molecule has 0 amide bonds. The number of rotatable bonds is 7. The van der Waals surface area contributed by atoms with E-state index in [-0.39, 0.29) is 0 Å². The van der Waals surface area contributed by atoms with Crippen molar-refractivity contribution in [1.29, 1.82) is 0 Å². The van der Waals surface area contributed by atoms with Gasteiger partial charge in [0.1, 0.15) is 5.75 Å². The van der Waals surface area contributed by atoms with Gasteiger partial charge in [-0.3, -0.25) is 0 Å². The van der Waals surface area contributed by atoms with Crippen LogP contribution in [-0.2, 0) is 9.32 Å². The first-order valence-corrected chi connectivity index (χ1v) is 9.21. The van der Waals surface area contributed by atoms with Gasteiger partial charge in [0.05, 0.1) is 22.6 Å². The van der Waals surface area contributed by atoms with Crippen molar-refractivity contribution < 1.29 is 14.1 Å². The molecular formula is C18H20N2O3S2. The Morgan fingerprint density at radius 1 is 1.16 bits per heavy atom. The maximum absolute atomic E-state index is 6.20. The molecule has 0 aliphatic carbocycles. The zero-order chi connectivity index (χ0) is 17.6. The molecule has 2 aromatic carbocycles. The van der Waals surface area contributed by atoms with Crippen molar-refractivity contribution in [3.63, 3.8) is 0 Å². The van der Waals surface area contributed by atoms with Gasteiger partial charge in [-0.15, -0.1) is 9.32 Å². The van der Waals surface area contributed by atoms with Crippen molar-refractivity contribution in [2.45, 2.75) is 24.7 Å². The zero-order valence-corrected chi connectivity index (χ0v) is 15.6. The highest BCUT2D eigenvalue weighted by Gasteiger charge is 2.22. The van der Waals surface area contributed by atoms with Gasteiger partial charge in [-0.1, -0.05) is 30.4 Å². The van der Waals surface area contributed by atoms with E-state index in [9.17, 15) is 0 Å². The van der Waals surface area contributed by atoms with Crippen LogP contribution in [0, 0.1) is 0 Å². The first kappa shape index (κ1) is 18.2. The van der Waals surface area contributed by atoms with Crippen LogP contribution in [0.5, 0.6) is 11.5 Å². The fraction of sp³-hybridized carbons (Fsp3) is 0.278. The van der Waals surface area contributed by atoms with Crippen LogP contribution >= 0.6 is 24.3 Å². The second kappa shape index (κ2) is 8.64. The lowest BCUT2D eigenvalue weighted by atomic mass is 10.1. The van der Waals surface area contributed by atoms with E-state index in [1.54, 1.807) is 0 Å². The first-order valence-electron chi connectivity index (χ1n) is 8.06. The molecule has 0 saturated carbocycles. The topological polar surface area (TPSA) is 57.0 Å². The summed E-state index contributed by atoms with van der Waals surface area (Å²) in [6.45, 7) is 3.89. The summed E-state index contributed by atoms with van der Waals surface area (Å²) in [4.78, 5) is 8.16. The van der Waals surface area contributed by atoms with E-state index < -0.39 is 0 Å². The average molecular weight is 377 g/mol. The van der Waals surface area contributed by atoms with Gasteiger partial charge in [0.15, 0.2) is 5.75 Å². The maximum atomic E-state index is 6.20. The lowest BCUT2D eigenvalue weighted by Crippen LogP contribution is -2.19. The predicted octanol–water partition coefficient (Wildman–Crippen LogP) is 4.65. The van der Waals surface area contributed by atoms with Gasteiger partial charge in [-0.25, -0.2) is 0 Å². The molecule has 2 aromatic rings. The van der Waals surface area contributed by atoms with Crippen LogP contribution < -0.4 is 15.5 Å². The van der Waals surface area contributed by atoms with Crippen molar-refractivity contribution in [2.24, 2.45) is 5.90 Å². The van der Waals surface area contributed by atoms with Crippen LogP contribution in [0.2, 0.25) is 0 Å². The third kappa shape index (κ3) is 4.50. The molecule has 0 spiro atoms. The summed E-state index contributed by atoms with van der Waals surface area (Å²) in [6, 6.07) is 13.7. The van der Waals surface area contributed by atoms with Gasteiger partial charge >= 0.3 is 0 Å². The molecule has 1 aliphatic heterocycles. The van der Waals surface area contributed by atoms with Gasteiger partial charge in [0, 0.05) is 18.0 Å². The third-order valence-electron chi connectivity index (χ3n) is 4.01. The number of nitrogens with two attached hydrogens (primary N) is 1. The standard InChI is InChI=1S/C18H20N2O3S2/c1-13(24)14-11-16(20-9-5-6-10-20)18(17(12-14)25-23-22-19)21-15-7-3-2-4-8-15/h2-4,7-8,11-12H,5-6,9-10,19H2,1H3. The van der Waals surface area contributed by atoms with Crippen LogP contribution in [0.3, 0.4) is 0 Å². The quantitative estimate of drug-likeness (QED) is 0.248. The third-order valence-corrected chi connectivity index (χ3v) is 4.88. The zero-order valence-electron chi connectivity index (χ0n) is 13.9. The molecule has 0 aromatic heterocycles. The largest absolute Gasteiger partial charge is 0.454 e. The summed E-state index contributed by atoms with van der Waals surface area (Å²) in [5, 5.41) is 0. The molecule has 7 heteroatoms. The summed E-state index contributed by atoms with van der Waals surface area (Å²) in [5.74, 6) is 6.49. The number of hydrogen-bond donors (Lipinski definition) is 1. The normalized spacial score (nSPS) is 13.9. The summed E-state index contributed by atoms with van der Waals surface area (Å²) in [6.07, 6.45) is 2.33. The molecule has 0 unspecified atom stereocenters. The highest BCUT2D eigenvalue weighted by molar-refractivity contribution is 7.94. The Kier molecular flexibility index (Phi) is 6.28. The van der Waals surface area contributed by atoms with E-state index in [2.05, 4.69) is 16.0 Å². The number of anilines is 1. The molecule has 0 atom stereocenters. The Balaban J connectivity index is 2.07. The Morgan fingerprint density at radius 2 is 1.88 bits per heavy atom. The van der Waals surface area contributed by atoms with E-state index in [1.165, 1.54) is 0 Å². The number of para-hydroxylation sites is 1. The van der Waals surface area contributed by atoms with Crippen LogP contribution in [0.15, 0.2) is 47.4 Å². The van der Waals surface area contributed by atoms with Crippen LogP contribution in [0.4, 0.5) is 5.69 Å². The number of hydrogen-bond acceptors (Lipinski definition) is 7. The molecular weight excluding hydrogens is 356 g/mol. The molecule has 3 rings (SSSR count). The Hall–Kier alpha value is -1.64. The fourth-order valence-electron chi connectivity index (χ4n) is 2.81. The summed E-state index contributed by atoms with van der Waals surface area (Å²) in [5.41, 5.74) is 1.96. The lowest BCUT2D eigenvalue weighted by Gasteiger charge is -2.24. The molecule has 2 N–H and O–H groups in total. The minimum Gasteiger partial charge on any atom is -0.454 e. The van der Waals surface area contributed by atoms with Gasteiger partial charge in [0.2, 0.25) is 0 Å². The molecule has 5 nitrogen and oxygen atoms in total. The van der Waals surface area contributed by atoms with Crippen molar-refractivity contribution >= 4 is 34.8 Å². The Bertz CT molecular complexity index is 735. The molecule has 25 heavy (non-hydrogen) atoms. The van der Waals surface area contributed by atoms with Gasteiger partial charge in [0.25, 0.3) is 0 Å².